The fraction of sp³-hybridized carbons (Fsp3) is 0.222. The van der Waals surface area contributed by atoms with Crippen LogP contribution in [0.1, 0.15) is 23.3 Å². The summed E-state index contributed by atoms with van der Waals surface area (Å²) < 4.78 is 0. The van der Waals surface area contributed by atoms with E-state index in [1.165, 1.54) is 0 Å². The van der Waals surface area contributed by atoms with Gasteiger partial charge in [-0.2, -0.15) is 17.9 Å². The minimum atomic E-state index is 0.197. The van der Waals surface area contributed by atoms with Crippen molar-refractivity contribution >= 4 is 12.6 Å². The van der Waals surface area contributed by atoms with Crippen LogP contribution in [0.3, 0.4) is 0 Å². The van der Waals surface area contributed by atoms with Gasteiger partial charge in [0, 0.05) is 5.25 Å². The fourth-order valence-corrected chi connectivity index (χ4v) is 1.03. The van der Waals surface area contributed by atoms with E-state index in [4.69, 9.17) is 5.26 Å². The highest BCUT2D eigenvalue weighted by Gasteiger charge is 1.98. The maximum Gasteiger partial charge on any atom is 0.0991 e. The molecule has 0 aliphatic heterocycles. The summed E-state index contributed by atoms with van der Waals surface area (Å²) in [6.45, 7) is 1.99. The third kappa shape index (κ3) is 1.99. The van der Waals surface area contributed by atoms with E-state index >= 15 is 0 Å². The molecule has 56 valence electrons. The molecule has 11 heavy (non-hydrogen) atoms. The van der Waals surface area contributed by atoms with Gasteiger partial charge < -0.3 is 0 Å². The molecule has 1 aromatic rings. The van der Waals surface area contributed by atoms with Gasteiger partial charge in [-0.05, 0) is 24.6 Å². The van der Waals surface area contributed by atoms with Crippen molar-refractivity contribution in [2.24, 2.45) is 0 Å². The number of benzene rings is 1. The van der Waals surface area contributed by atoms with Gasteiger partial charge in [0.15, 0.2) is 0 Å². The summed E-state index contributed by atoms with van der Waals surface area (Å²) in [4.78, 5) is 0. The smallest absolute Gasteiger partial charge is 0.0991 e. The third-order valence-electron chi connectivity index (χ3n) is 1.50. The summed E-state index contributed by atoms with van der Waals surface area (Å²) in [5.74, 6) is 0. The lowest BCUT2D eigenvalue weighted by Gasteiger charge is -2.02. The topological polar surface area (TPSA) is 23.8 Å². The number of hydrogen-bond acceptors (Lipinski definition) is 2. The van der Waals surface area contributed by atoms with E-state index in [2.05, 4.69) is 18.7 Å². The first kappa shape index (κ1) is 8.16. The van der Waals surface area contributed by atoms with Crippen LogP contribution in [0.4, 0.5) is 0 Å². The summed E-state index contributed by atoms with van der Waals surface area (Å²) in [5.41, 5.74) is 1.79. The van der Waals surface area contributed by atoms with Crippen LogP contribution in [0, 0.1) is 11.3 Å². The number of rotatable bonds is 1. The quantitative estimate of drug-likeness (QED) is 0.632. The lowest BCUT2D eigenvalue weighted by atomic mass is 10.1. The van der Waals surface area contributed by atoms with Crippen molar-refractivity contribution in [3.8, 4) is 6.07 Å². The molecule has 0 aliphatic carbocycles. The van der Waals surface area contributed by atoms with Crippen LogP contribution in [0.15, 0.2) is 24.3 Å². The highest BCUT2D eigenvalue weighted by molar-refractivity contribution is 7.80. The highest BCUT2D eigenvalue weighted by Crippen LogP contribution is 2.18. The number of hydrogen-bond donors (Lipinski definition) is 1. The lowest BCUT2D eigenvalue weighted by molar-refractivity contribution is 1.11. The maximum atomic E-state index is 8.57. The number of nitriles is 1. The zero-order valence-corrected chi connectivity index (χ0v) is 7.18. The Kier molecular flexibility index (Phi) is 2.56. The molecule has 1 aromatic carbocycles. The summed E-state index contributed by atoms with van der Waals surface area (Å²) in [5, 5.41) is 8.77. The Balaban J connectivity index is 3.03. The monoisotopic (exact) mass is 163 g/mol. The second-order valence-electron chi connectivity index (χ2n) is 2.41. The summed E-state index contributed by atoms with van der Waals surface area (Å²) in [7, 11) is 0. The van der Waals surface area contributed by atoms with Crippen LogP contribution in [-0.2, 0) is 0 Å². The molecule has 1 rings (SSSR count). The summed E-state index contributed by atoms with van der Waals surface area (Å²) in [6, 6.07) is 9.58. The molecule has 1 nitrogen and oxygen atoms in total. The van der Waals surface area contributed by atoms with E-state index in [0.717, 1.165) is 5.56 Å². The fourth-order valence-electron chi connectivity index (χ4n) is 0.868. The van der Waals surface area contributed by atoms with Gasteiger partial charge in [-0.25, -0.2) is 0 Å². The minimum absolute atomic E-state index is 0.197. The van der Waals surface area contributed by atoms with Crippen LogP contribution in [0.25, 0.3) is 0 Å². The van der Waals surface area contributed by atoms with Gasteiger partial charge in [-0.1, -0.05) is 12.1 Å². The van der Waals surface area contributed by atoms with Crippen molar-refractivity contribution in [2.75, 3.05) is 0 Å². The van der Waals surface area contributed by atoms with Gasteiger partial charge in [0.1, 0.15) is 0 Å². The van der Waals surface area contributed by atoms with Crippen LogP contribution >= 0.6 is 12.6 Å². The Hall–Kier alpha value is -0.940. The van der Waals surface area contributed by atoms with Crippen LogP contribution in [-0.4, -0.2) is 0 Å². The Labute approximate surface area is 72.1 Å². The summed E-state index contributed by atoms with van der Waals surface area (Å²) >= 11 is 4.26. The van der Waals surface area contributed by atoms with Crippen molar-refractivity contribution < 1.29 is 0 Å². The zero-order valence-electron chi connectivity index (χ0n) is 6.28. The first-order chi connectivity index (χ1) is 5.24. The molecule has 1 atom stereocenters. The summed E-state index contributed by atoms with van der Waals surface area (Å²) in [6.07, 6.45) is 0. The lowest BCUT2D eigenvalue weighted by Crippen LogP contribution is -1.84. The van der Waals surface area contributed by atoms with Gasteiger partial charge in [0.25, 0.3) is 0 Å². The molecular formula is C9H9NS. The van der Waals surface area contributed by atoms with Crippen molar-refractivity contribution in [1.29, 1.82) is 5.26 Å². The average Bonchev–Trinajstić information content (AvgIpc) is 2.05. The first-order valence-corrected chi connectivity index (χ1v) is 3.94. The normalized spacial score (nSPS) is 12.1. The third-order valence-corrected chi connectivity index (χ3v) is 1.80. The molecule has 1 unspecified atom stereocenters. The predicted octanol–water partition coefficient (Wildman–Crippen LogP) is 2.55. The molecule has 0 saturated heterocycles. The number of thiol groups is 1. The molecule has 0 amide bonds. The molecule has 0 N–H and O–H groups in total. The van der Waals surface area contributed by atoms with Crippen LogP contribution in [0.5, 0.6) is 0 Å². The first-order valence-electron chi connectivity index (χ1n) is 3.42. The maximum absolute atomic E-state index is 8.57. The molecule has 2 heteroatoms. The van der Waals surface area contributed by atoms with Gasteiger partial charge >= 0.3 is 0 Å². The van der Waals surface area contributed by atoms with E-state index in [1.54, 1.807) is 6.07 Å². The second-order valence-corrected chi connectivity index (χ2v) is 3.19. The standard InChI is InChI=1S/C9H9NS/c1-7(11)9-4-2-3-8(5-9)6-10/h2-5,7,11H,1H3. The Morgan fingerprint density at radius 2 is 2.27 bits per heavy atom. The Bertz CT molecular complexity index is 286. The van der Waals surface area contributed by atoms with E-state index in [0.29, 0.717) is 5.56 Å². The molecule has 0 aliphatic rings. The van der Waals surface area contributed by atoms with Crippen molar-refractivity contribution in [3.05, 3.63) is 35.4 Å². The molecule has 0 radical (unpaired) electrons. The van der Waals surface area contributed by atoms with Gasteiger partial charge in [0.2, 0.25) is 0 Å². The Morgan fingerprint density at radius 3 is 2.82 bits per heavy atom. The highest BCUT2D eigenvalue weighted by atomic mass is 32.1. The van der Waals surface area contributed by atoms with Crippen molar-refractivity contribution in [1.82, 2.24) is 0 Å². The average molecular weight is 163 g/mol. The van der Waals surface area contributed by atoms with Crippen LogP contribution in [0.2, 0.25) is 0 Å². The van der Waals surface area contributed by atoms with Crippen molar-refractivity contribution in [3.63, 3.8) is 0 Å². The predicted molar refractivity (Wildman–Crippen MR) is 48.6 cm³/mol. The van der Waals surface area contributed by atoms with E-state index < -0.39 is 0 Å². The van der Waals surface area contributed by atoms with E-state index in [1.807, 2.05) is 25.1 Å². The SMILES string of the molecule is CC(S)c1cccc(C#N)c1. The molecule has 0 heterocycles. The number of nitrogens with zero attached hydrogens (tertiary/aromatic N) is 1. The molecule has 0 aromatic heterocycles. The van der Waals surface area contributed by atoms with Crippen LogP contribution < -0.4 is 0 Å². The Morgan fingerprint density at radius 1 is 1.55 bits per heavy atom. The van der Waals surface area contributed by atoms with E-state index in [-0.39, 0.29) is 5.25 Å². The van der Waals surface area contributed by atoms with Gasteiger partial charge in [0.05, 0.1) is 11.6 Å². The second kappa shape index (κ2) is 3.45. The molecule has 0 saturated carbocycles. The molecule has 0 fully saturated rings. The van der Waals surface area contributed by atoms with E-state index in [9.17, 15) is 0 Å². The van der Waals surface area contributed by atoms with Gasteiger partial charge in [-0.15, -0.1) is 0 Å². The molecule has 0 spiro atoms. The van der Waals surface area contributed by atoms with Crippen molar-refractivity contribution in [2.45, 2.75) is 12.2 Å². The molecule has 0 bridgehead atoms. The minimum Gasteiger partial charge on any atom is -0.192 e. The largest absolute Gasteiger partial charge is 0.192 e. The molecular weight excluding hydrogens is 154 g/mol. The van der Waals surface area contributed by atoms with Gasteiger partial charge in [-0.3, -0.25) is 0 Å². The zero-order chi connectivity index (χ0) is 8.27.